The number of hydrazone groups is 1. The average Bonchev–Trinajstić information content (AvgIpc) is 3.50. The number of anilines is 1. The Morgan fingerprint density at radius 2 is 2.08 bits per heavy atom. The van der Waals surface area contributed by atoms with Crippen LogP contribution in [0.25, 0.3) is 0 Å². The van der Waals surface area contributed by atoms with Gasteiger partial charge in [-0.1, -0.05) is 43.3 Å². The van der Waals surface area contributed by atoms with Crippen LogP contribution in [0.3, 0.4) is 0 Å². The van der Waals surface area contributed by atoms with Gasteiger partial charge in [0.1, 0.15) is 17.7 Å². The van der Waals surface area contributed by atoms with E-state index in [2.05, 4.69) is 50.2 Å². The summed E-state index contributed by atoms with van der Waals surface area (Å²) in [6, 6.07) is 13.4. The fourth-order valence-corrected chi connectivity index (χ4v) is 5.27. The van der Waals surface area contributed by atoms with Gasteiger partial charge in [0.05, 0.1) is 24.4 Å². The molecular formula is C26H31FN6O2S. The second kappa shape index (κ2) is 10.8. The van der Waals surface area contributed by atoms with Crippen molar-refractivity contribution in [1.29, 1.82) is 0 Å². The third-order valence-electron chi connectivity index (χ3n) is 6.54. The number of aryl methyl sites for hydroxylation is 1. The summed E-state index contributed by atoms with van der Waals surface area (Å²) in [4.78, 5) is 14.5. The van der Waals surface area contributed by atoms with E-state index in [-0.39, 0.29) is 35.7 Å². The van der Waals surface area contributed by atoms with E-state index in [4.69, 9.17) is 4.74 Å². The van der Waals surface area contributed by atoms with Crippen molar-refractivity contribution in [2.45, 2.75) is 51.4 Å². The molecule has 3 N–H and O–H groups in total. The Morgan fingerprint density at radius 3 is 2.86 bits per heavy atom. The topological polar surface area (TPSA) is 81.2 Å². The van der Waals surface area contributed by atoms with Gasteiger partial charge < -0.3 is 20.0 Å². The van der Waals surface area contributed by atoms with Crippen molar-refractivity contribution in [3.63, 3.8) is 0 Å². The first kappa shape index (κ1) is 24.5. The summed E-state index contributed by atoms with van der Waals surface area (Å²) in [6.45, 7) is 4.59. The Labute approximate surface area is 214 Å². The SMILES string of the molecule is CCCCOc1ccc(C2CC3C4NN=C(SCC(=O)Nc5ccc(C)c(F)c5)N4C=CN3N2)cc1. The van der Waals surface area contributed by atoms with Crippen molar-refractivity contribution >= 4 is 28.5 Å². The summed E-state index contributed by atoms with van der Waals surface area (Å²) in [5.74, 6) is 0.532. The van der Waals surface area contributed by atoms with Crippen LogP contribution in [0.15, 0.2) is 60.0 Å². The maximum absolute atomic E-state index is 13.8. The lowest BCUT2D eigenvalue weighted by molar-refractivity contribution is -0.113. The van der Waals surface area contributed by atoms with Crippen LogP contribution in [0.2, 0.25) is 0 Å². The molecule has 0 aromatic heterocycles. The zero-order valence-electron chi connectivity index (χ0n) is 20.4. The van der Waals surface area contributed by atoms with Gasteiger partial charge in [-0.25, -0.2) is 9.82 Å². The van der Waals surface area contributed by atoms with E-state index in [1.54, 1.807) is 19.1 Å². The molecule has 2 aromatic carbocycles. The Bertz CT molecular complexity index is 1160. The van der Waals surface area contributed by atoms with Gasteiger partial charge in [-0.3, -0.25) is 10.2 Å². The molecule has 2 aromatic rings. The van der Waals surface area contributed by atoms with Crippen LogP contribution < -0.4 is 20.9 Å². The number of unbranched alkanes of at least 4 members (excludes halogenated alkanes) is 1. The van der Waals surface area contributed by atoms with Crippen molar-refractivity contribution < 1.29 is 13.9 Å². The standard InChI is InChI=1S/C26H31FN6O2S/c1-3-4-13-35-20-9-6-18(7-10-20)22-15-23-25-29-30-26(32(25)11-12-33(23)31-22)36-16-24(34)28-19-8-5-17(2)21(27)14-19/h5-12,14,22-23,25,29,31H,3-4,13,15-16H2,1-2H3,(H,28,34). The van der Waals surface area contributed by atoms with Crippen LogP contribution >= 0.6 is 11.8 Å². The molecular weight excluding hydrogens is 479 g/mol. The van der Waals surface area contributed by atoms with Crippen LogP contribution in [0, 0.1) is 12.7 Å². The molecule has 1 amide bonds. The van der Waals surface area contributed by atoms with Gasteiger partial charge in [0, 0.05) is 18.1 Å². The average molecular weight is 511 g/mol. The number of carbonyl (C=O) groups is 1. The van der Waals surface area contributed by atoms with Crippen LogP contribution in [-0.4, -0.2) is 45.6 Å². The van der Waals surface area contributed by atoms with Crippen LogP contribution in [0.1, 0.15) is 43.4 Å². The largest absolute Gasteiger partial charge is 0.494 e. The molecule has 190 valence electrons. The number of benzene rings is 2. The molecule has 0 aliphatic carbocycles. The predicted molar refractivity (Wildman–Crippen MR) is 141 cm³/mol. The molecule has 3 heterocycles. The van der Waals surface area contributed by atoms with E-state index < -0.39 is 0 Å². The zero-order valence-corrected chi connectivity index (χ0v) is 21.2. The number of halogens is 1. The molecule has 1 fully saturated rings. The maximum atomic E-state index is 13.8. The molecule has 3 aliphatic rings. The molecule has 0 bridgehead atoms. The lowest BCUT2D eigenvalue weighted by atomic mass is 10.00. The minimum absolute atomic E-state index is 0.0269. The summed E-state index contributed by atoms with van der Waals surface area (Å²) < 4.78 is 19.5. The Hall–Kier alpha value is -3.24. The lowest BCUT2D eigenvalue weighted by Crippen LogP contribution is -2.54. The zero-order chi connectivity index (χ0) is 25.1. The number of fused-ring (bicyclic) bond motifs is 3. The molecule has 8 nitrogen and oxygen atoms in total. The molecule has 0 spiro atoms. The Balaban J connectivity index is 1.14. The fourth-order valence-electron chi connectivity index (χ4n) is 4.50. The van der Waals surface area contributed by atoms with Gasteiger partial charge in [-0.15, -0.1) is 0 Å². The highest BCUT2D eigenvalue weighted by atomic mass is 32.2. The number of amidine groups is 1. The van der Waals surface area contributed by atoms with Gasteiger partial charge in [0.2, 0.25) is 5.91 Å². The Kier molecular flexibility index (Phi) is 7.33. The smallest absolute Gasteiger partial charge is 0.234 e. The third kappa shape index (κ3) is 5.29. The number of ether oxygens (including phenoxy) is 1. The minimum Gasteiger partial charge on any atom is -0.494 e. The maximum Gasteiger partial charge on any atom is 0.234 e. The number of hydrogen-bond donors (Lipinski definition) is 3. The number of hydrogen-bond acceptors (Lipinski definition) is 8. The number of carbonyl (C=O) groups excluding carboxylic acids is 1. The molecule has 3 atom stereocenters. The molecule has 3 unspecified atom stereocenters. The number of amides is 1. The highest BCUT2D eigenvalue weighted by Crippen LogP contribution is 2.35. The van der Waals surface area contributed by atoms with Gasteiger partial charge in [-0.05, 0) is 55.2 Å². The summed E-state index contributed by atoms with van der Waals surface area (Å²) in [5, 5.41) is 10.1. The van der Waals surface area contributed by atoms with Gasteiger partial charge in [0.25, 0.3) is 0 Å². The summed E-state index contributed by atoms with van der Waals surface area (Å²) in [5.41, 5.74) is 9.02. The fraction of sp³-hybridized carbons (Fsp3) is 0.385. The first-order valence-electron chi connectivity index (χ1n) is 12.3. The first-order valence-corrected chi connectivity index (χ1v) is 13.3. The number of hydrazine groups is 1. The molecule has 36 heavy (non-hydrogen) atoms. The van der Waals surface area contributed by atoms with E-state index in [0.29, 0.717) is 11.3 Å². The minimum atomic E-state index is -0.338. The predicted octanol–water partition coefficient (Wildman–Crippen LogP) is 4.29. The molecule has 10 heteroatoms. The highest BCUT2D eigenvalue weighted by molar-refractivity contribution is 8.14. The van der Waals surface area contributed by atoms with E-state index >= 15 is 0 Å². The van der Waals surface area contributed by atoms with Crippen molar-refractivity contribution in [3.05, 3.63) is 71.8 Å². The van der Waals surface area contributed by atoms with Crippen molar-refractivity contribution in [1.82, 2.24) is 20.8 Å². The molecule has 0 radical (unpaired) electrons. The van der Waals surface area contributed by atoms with Crippen LogP contribution in [-0.2, 0) is 4.79 Å². The number of rotatable bonds is 8. The summed E-state index contributed by atoms with van der Waals surface area (Å²) >= 11 is 1.35. The summed E-state index contributed by atoms with van der Waals surface area (Å²) in [6.07, 6.45) is 7.04. The van der Waals surface area contributed by atoms with E-state index in [1.807, 2.05) is 24.5 Å². The molecule has 0 saturated carbocycles. The normalized spacial score (nSPS) is 22.1. The van der Waals surface area contributed by atoms with E-state index in [1.165, 1.54) is 23.4 Å². The molecule has 5 rings (SSSR count). The first-order chi connectivity index (χ1) is 17.5. The van der Waals surface area contributed by atoms with Crippen molar-refractivity contribution in [2.75, 3.05) is 17.7 Å². The number of nitrogens with zero attached hydrogens (tertiary/aromatic N) is 3. The highest BCUT2D eigenvalue weighted by Gasteiger charge is 2.44. The van der Waals surface area contributed by atoms with E-state index in [9.17, 15) is 9.18 Å². The Morgan fingerprint density at radius 1 is 1.25 bits per heavy atom. The van der Waals surface area contributed by atoms with E-state index in [0.717, 1.165) is 36.8 Å². The van der Waals surface area contributed by atoms with Crippen molar-refractivity contribution in [2.24, 2.45) is 5.10 Å². The summed E-state index contributed by atoms with van der Waals surface area (Å²) in [7, 11) is 0. The van der Waals surface area contributed by atoms with Crippen LogP contribution in [0.4, 0.5) is 10.1 Å². The second-order valence-corrected chi connectivity index (χ2v) is 10.1. The lowest BCUT2D eigenvalue weighted by Gasteiger charge is -2.36. The van der Waals surface area contributed by atoms with Crippen molar-refractivity contribution in [3.8, 4) is 5.75 Å². The van der Waals surface area contributed by atoms with Gasteiger partial charge >= 0.3 is 0 Å². The quantitative estimate of drug-likeness (QED) is 0.457. The van der Waals surface area contributed by atoms with Gasteiger partial charge in [-0.2, -0.15) is 5.10 Å². The second-order valence-electron chi connectivity index (χ2n) is 9.14. The number of thioether (sulfide) groups is 1. The molecule has 1 saturated heterocycles. The van der Waals surface area contributed by atoms with Crippen LogP contribution in [0.5, 0.6) is 5.75 Å². The number of nitrogens with one attached hydrogen (secondary N) is 3. The van der Waals surface area contributed by atoms with Gasteiger partial charge in [0.15, 0.2) is 5.17 Å². The molecule has 3 aliphatic heterocycles. The monoisotopic (exact) mass is 510 g/mol. The third-order valence-corrected chi connectivity index (χ3v) is 7.51.